The second-order valence-electron chi connectivity index (χ2n) is 6.34. The molecule has 1 aliphatic rings. The van der Waals surface area contributed by atoms with Crippen LogP contribution in [-0.2, 0) is 6.54 Å². The second kappa shape index (κ2) is 7.37. The van der Waals surface area contributed by atoms with Crippen LogP contribution in [0.3, 0.4) is 0 Å². The van der Waals surface area contributed by atoms with Gasteiger partial charge in [-0.25, -0.2) is 4.98 Å². The molecular formula is C17H23BrN4OS. The molecule has 1 N–H and O–H groups in total. The fourth-order valence-electron chi connectivity index (χ4n) is 3.21. The molecule has 1 fully saturated rings. The molecule has 7 heteroatoms. The number of amides is 1. The lowest BCUT2D eigenvalue weighted by molar-refractivity contribution is 0.0759. The summed E-state index contributed by atoms with van der Waals surface area (Å²) in [6, 6.07) is 0. The van der Waals surface area contributed by atoms with Crippen LogP contribution in [0.5, 0.6) is 0 Å². The van der Waals surface area contributed by atoms with Crippen LogP contribution >= 0.6 is 27.3 Å². The Kier molecular flexibility index (Phi) is 5.42. The highest BCUT2D eigenvalue weighted by Gasteiger charge is 2.25. The van der Waals surface area contributed by atoms with E-state index in [9.17, 15) is 4.79 Å². The zero-order chi connectivity index (χ0) is 17.3. The Labute approximate surface area is 155 Å². The molecule has 3 rings (SSSR count). The van der Waals surface area contributed by atoms with E-state index in [0.29, 0.717) is 0 Å². The zero-order valence-corrected chi connectivity index (χ0v) is 16.8. The van der Waals surface area contributed by atoms with Crippen molar-refractivity contribution in [3.8, 4) is 0 Å². The van der Waals surface area contributed by atoms with Gasteiger partial charge in [-0.05, 0) is 43.1 Å². The summed E-state index contributed by atoms with van der Waals surface area (Å²) in [5.74, 6) is 0.120. The average molecular weight is 411 g/mol. The molecule has 0 aliphatic carbocycles. The number of nitrogens with one attached hydrogen (secondary N) is 1. The van der Waals surface area contributed by atoms with Crippen LogP contribution in [0.4, 0.5) is 0 Å². The van der Waals surface area contributed by atoms with Crippen molar-refractivity contribution in [3.63, 3.8) is 0 Å². The number of hydrogen-bond donors (Lipinski definition) is 1. The van der Waals surface area contributed by atoms with Crippen molar-refractivity contribution < 1.29 is 4.79 Å². The SMILES string of the molecule is Cc1nc(CN2CCCN(C(=O)c3c(C)[nH]c(C)c3Br)CC2)cs1. The Morgan fingerprint density at radius 2 is 2.04 bits per heavy atom. The van der Waals surface area contributed by atoms with Gasteiger partial charge in [0.15, 0.2) is 0 Å². The Balaban J connectivity index is 1.65. The van der Waals surface area contributed by atoms with E-state index in [-0.39, 0.29) is 5.91 Å². The van der Waals surface area contributed by atoms with E-state index >= 15 is 0 Å². The summed E-state index contributed by atoms with van der Waals surface area (Å²) in [5.41, 5.74) is 3.85. The van der Waals surface area contributed by atoms with E-state index in [1.165, 1.54) is 0 Å². The molecule has 3 heterocycles. The maximum atomic E-state index is 12.9. The number of carbonyl (C=O) groups is 1. The first kappa shape index (κ1) is 17.6. The highest BCUT2D eigenvalue weighted by molar-refractivity contribution is 9.10. The summed E-state index contributed by atoms with van der Waals surface area (Å²) in [4.78, 5) is 25.1. The Bertz CT molecular complexity index is 739. The topological polar surface area (TPSA) is 52.2 Å². The van der Waals surface area contributed by atoms with Crippen molar-refractivity contribution in [1.82, 2.24) is 19.8 Å². The average Bonchev–Trinajstić information content (AvgIpc) is 2.93. The van der Waals surface area contributed by atoms with E-state index < -0.39 is 0 Å². The summed E-state index contributed by atoms with van der Waals surface area (Å²) >= 11 is 5.25. The minimum Gasteiger partial charge on any atom is -0.361 e. The molecule has 0 unspecified atom stereocenters. The summed E-state index contributed by atoms with van der Waals surface area (Å²) in [7, 11) is 0. The van der Waals surface area contributed by atoms with E-state index in [1.54, 1.807) is 11.3 Å². The van der Waals surface area contributed by atoms with E-state index in [4.69, 9.17) is 0 Å². The van der Waals surface area contributed by atoms with Crippen molar-refractivity contribution in [1.29, 1.82) is 0 Å². The molecule has 0 atom stereocenters. The van der Waals surface area contributed by atoms with Gasteiger partial charge in [0.25, 0.3) is 5.91 Å². The number of carbonyl (C=O) groups excluding carboxylic acids is 1. The van der Waals surface area contributed by atoms with Crippen LogP contribution in [0, 0.1) is 20.8 Å². The van der Waals surface area contributed by atoms with Crippen LogP contribution in [-0.4, -0.2) is 51.9 Å². The minimum atomic E-state index is 0.120. The largest absolute Gasteiger partial charge is 0.361 e. The van der Waals surface area contributed by atoms with E-state index in [0.717, 1.165) is 71.3 Å². The number of rotatable bonds is 3. The van der Waals surface area contributed by atoms with Crippen molar-refractivity contribution in [2.24, 2.45) is 0 Å². The molecule has 1 aliphatic heterocycles. The third-order valence-corrected chi connectivity index (χ3v) is 6.25. The number of aromatic nitrogens is 2. The first-order chi connectivity index (χ1) is 11.5. The number of hydrogen-bond acceptors (Lipinski definition) is 4. The molecule has 0 aromatic carbocycles. The molecule has 1 amide bonds. The van der Waals surface area contributed by atoms with Crippen LogP contribution in [0.1, 0.15) is 38.9 Å². The lowest BCUT2D eigenvalue weighted by atomic mass is 10.2. The number of aromatic amines is 1. The number of halogens is 1. The van der Waals surface area contributed by atoms with Crippen LogP contribution in [0.2, 0.25) is 0 Å². The van der Waals surface area contributed by atoms with Crippen LogP contribution < -0.4 is 0 Å². The van der Waals surface area contributed by atoms with Gasteiger partial charge in [0.05, 0.1) is 20.7 Å². The summed E-state index contributed by atoms with van der Waals surface area (Å²) in [5, 5.41) is 3.24. The summed E-state index contributed by atoms with van der Waals surface area (Å²) < 4.78 is 0.893. The van der Waals surface area contributed by atoms with Gasteiger partial charge < -0.3 is 9.88 Å². The quantitative estimate of drug-likeness (QED) is 0.841. The predicted molar refractivity (Wildman–Crippen MR) is 101 cm³/mol. The molecule has 2 aromatic rings. The van der Waals surface area contributed by atoms with Crippen LogP contribution in [0.25, 0.3) is 0 Å². The van der Waals surface area contributed by atoms with Gasteiger partial charge in [-0.2, -0.15) is 0 Å². The number of thiazole rings is 1. The standard InChI is InChI=1S/C17H23BrN4OS/c1-11-15(16(18)12(2)19-11)17(23)22-6-4-5-21(7-8-22)9-14-10-24-13(3)20-14/h10,19H,4-9H2,1-3H3. The fourth-order valence-corrected chi connectivity index (χ4v) is 4.38. The maximum absolute atomic E-state index is 12.9. The van der Waals surface area contributed by atoms with Gasteiger partial charge in [-0.3, -0.25) is 9.69 Å². The Hall–Kier alpha value is -1.18. The van der Waals surface area contributed by atoms with Gasteiger partial charge in [0.1, 0.15) is 0 Å². The van der Waals surface area contributed by atoms with Crippen molar-refractivity contribution in [2.45, 2.75) is 33.7 Å². The molecule has 0 saturated carbocycles. The molecule has 1 saturated heterocycles. The van der Waals surface area contributed by atoms with Gasteiger partial charge in [0.2, 0.25) is 0 Å². The Morgan fingerprint density at radius 3 is 2.67 bits per heavy atom. The maximum Gasteiger partial charge on any atom is 0.256 e. The third kappa shape index (κ3) is 3.73. The molecule has 0 bridgehead atoms. The molecule has 0 radical (unpaired) electrons. The number of H-pyrrole nitrogens is 1. The lowest BCUT2D eigenvalue weighted by Crippen LogP contribution is -2.35. The van der Waals surface area contributed by atoms with E-state index in [2.05, 4.69) is 36.2 Å². The predicted octanol–water partition coefficient (Wildman–Crippen LogP) is 3.51. The van der Waals surface area contributed by atoms with Gasteiger partial charge in [-0.15, -0.1) is 11.3 Å². The molecule has 24 heavy (non-hydrogen) atoms. The van der Waals surface area contributed by atoms with Crippen LogP contribution in [0.15, 0.2) is 9.85 Å². The highest BCUT2D eigenvalue weighted by Crippen LogP contribution is 2.26. The smallest absolute Gasteiger partial charge is 0.256 e. The summed E-state index contributed by atoms with van der Waals surface area (Å²) in [6.45, 7) is 10.3. The molecule has 130 valence electrons. The fraction of sp³-hybridized carbons (Fsp3) is 0.529. The number of nitrogens with zero attached hydrogens (tertiary/aromatic N) is 3. The molecule has 0 spiro atoms. The number of aryl methyl sites for hydroxylation is 3. The van der Waals surface area contributed by atoms with Crippen molar-refractivity contribution >= 4 is 33.2 Å². The van der Waals surface area contributed by atoms with E-state index in [1.807, 2.05) is 25.7 Å². The van der Waals surface area contributed by atoms with Gasteiger partial charge in [-0.1, -0.05) is 0 Å². The summed E-state index contributed by atoms with van der Waals surface area (Å²) in [6.07, 6.45) is 0.995. The minimum absolute atomic E-state index is 0.120. The van der Waals surface area contributed by atoms with Crippen molar-refractivity contribution in [3.05, 3.63) is 37.5 Å². The first-order valence-electron chi connectivity index (χ1n) is 8.23. The highest BCUT2D eigenvalue weighted by atomic mass is 79.9. The monoisotopic (exact) mass is 410 g/mol. The van der Waals surface area contributed by atoms with Gasteiger partial charge in [0, 0.05) is 49.5 Å². The normalized spacial score (nSPS) is 16.4. The van der Waals surface area contributed by atoms with Crippen molar-refractivity contribution in [2.75, 3.05) is 26.2 Å². The lowest BCUT2D eigenvalue weighted by Gasteiger charge is -2.22. The third-order valence-electron chi connectivity index (χ3n) is 4.44. The molecule has 5 nitrogen and oxygen atoms in total. The molecule has 2 aromatic heterocycles. The Morgan fingerprint density at radius 1 is 1.25 bits per heavy atom. The molecular weight excluding hydrogens is 388 g/mol. The first-order valence-corrected chi connectivity index (χ1v) is 9.90. The van der Waals surface area contributed by atoms with Gasteiger partial charge >= 0.3 is 0 Å². The second-order valence-corrected chi connectivity index (χ2v) is 8.20. The zero-order valence-electron chi connectivity index (χ0n) is 14.4.